The van der Waals surface area contributed by atoms with Crippen LogP contribution in [0.4, 0.5) is 0 Å². The minimum absolute atomic E-state index is 1.09. The molecular formula is C13H26Si3. The molecule has 1 rings (SSSR count). The first kappa shape index (κ1) is 13.9. The molecule has 0 aliphatic heterocycles. The maximum atomic E-state index is 2.65. The zero-order valence-electron chi connectivity index (χ0n) is 11.9. The highest BCUT2D eigenvalue weighted by Gasteiger charge is 2.51. The maximum Gasteiger partial charge on any atom is 0.0706 e. The van der Waals surface area contributed by atoms with E-state index in [1.165, 1.54) is 0 Å². The minimum atomic E-state index is -1.25. The summed E-state index contributed by atoms with van der Waals surface area (Å²) in [4.78, 5) is 0. The van der Waals surface area contributed by atoms with Crippen molar-refractivity contribution in [2.24, 2.45) is 0 Å². The predicted molar refractivity (Wildman–Crippen MR) is 84.4 cm³/mol. The molecule has 1 aromatic rings. The second-order valence-electron chi connectivity index (χ2n) is 6.99. The highest BCUT2D eigenvalue weighted by Crippen LogP contribution is 2.28. The first-order chi connectivity index (χ1) is 7.11. The van der Waals surface area contributed by atoms with Crippen LogP contribution in [0.2, 0.25) is 45.8 Å². The summed E-state index contributed by atoms with van der Waals surface area (Å²) in [6, 6.07) is 11.4. The van der Waals surface area contributed by atoms with Crippen LogP contribution in [0.25, 0.3) is 0 Å². The Balaban J connectivity index is 3.39. The van der Waals surface area contributed by atoms with Gasteiger partial charge in [0.25, 0.3) is 0 Å². The second kappa shape index (κ2) is 4.27. The molecule has 0 saturated heterocycles. The molecule has 0 N–H and O–H groups in total. The van der Waals surface area contributed by atoms with Gasteiger partial charge in [-0.3, -0.25) is 0 Å². The van der Waals surface area contributed by atoms with Gasteiger partial charge >= 0.3 is 0 Å². The average molecular weight is 267 g/mol. The number of hydrogen-bond acceptors (Lipinski definition) is 0. The van der Waals surface area contributed by atoms with Crippen molar-refractivity contribution in [2.75, 3.05) is 0 Å². The normalized spacial score (nSPS) is 13.9. The molecule has 0 heterocycles. The van der Waals surface area contributed by atoms with Crippen LogP contribution in [0, 0.1) is 0 Å². The number of benzene rings is 1. The van der Waals surface area contributed by atoms with Crippen LogP contribution in [-0.2, 0) is 0 Å². The van der Waals surface area contributed by atoms with Gasteiger partial charge in [0, 0.05) is 15.2 Å². The van der Waals surface area contributed by atoms with Crippen LogP contribution < -0.4 is 5.19 Å². The van der Waals surface area contributed by atoms with Gasteiger partial charge in [-0.1, -0.05) is 81.3 Å². The Morgan fingerprint density at radius 1 is 0.625 bits per heavy atom. The Bertz CT molecular complexity index is 330. The monoisotopic (exact) mass is 266 g/mol. The fraction of sp³-hybridized carbons (Fsp3) is 0.538. The van der Waals surface area contributed by atoms with Crippen LogP contribution in [-0.4, -0.2) is 22.3 Å². The Morgan fingerprint density at radius 3 is 1.31 bits per heavy atom. The molecular weight excluding hydrogens is 240 g/mol. The quantitative estimate of drug-likeness (QED) is 0.730. The van der Waals surface area contributed by atoms with E-state index in [4.69, 9.17) is 0 Å². The third kappa shape index (κ3) is 2.26. The van der Waals surface area contributed by atoms with E-state index in [-0.39, 0.29) is 0 Å². The maximum absolute atomic E-state index is 2.65. The first-order valence-electron chi connectivity index (χ1n) is 6.16. The summed E-state index contributed by atoms with van der Waals surface area (Å²) in [5.41, 5.74) is 0. The fourth-order valence-electron chi connectivity index (χ4n) is 2.76. The van der Waals surface area contributed by atoms with Crippen molar-refractivity contribution >= 4 is 27.5 Å². The van der Waals surface area contributed by atoms with Crippen LogP contribution >= 0.6 is 0 Å². The molecule has 90 valence electrons. The molecule has 0 radical (unpaired) electrons. The lowest BCUT2D eigenvalue weighted by Gasteiger charge is -2.48. The van der Waals surface area contributed by atoms with E-state index in [0.29, 0.717) is 0 Å². The smallest absolute Gasteiger partial charge is 0.0706 e. The SMILES string of the molecule is C[Si](C)(C)[Si](C)(c1ccccc1)[Si](C)(C)C. The topological polar surface area (TPSA) is 0 Å². The number of rotatable bonds is 3. The summed E-state index contributed by atoms with van der Waals surface area (Å²) in [5.74, 6) is 0. The van der Waals surface area contributed by atoms with Gasteiger partial charge in [-0.25, -0.2) is 0 Å². The van der Waals surface area contributed by atoms with E-state index in [0.717, 1.165) is 0 Å². The molecule has 3 heteroatoms. The van der Waals surface area contributed by atoms with Gasteiger partial charge in [-0.2, -0.15) is 0 Å². The van der Waals surface area contributed by atoms with E-state index < -0.39 is 22.3 Å². The van der Waals surface area contributed by atoms with E-state index >= 15 is 0 Å². The summed E-state index contributed by atoms with van der Waals surface area (Å²) < 4.78 is 0. The lowest BCUT2D eigenvalue weighted by atomic mass is 10.4. The molecule has 0 fully saturated rings. The Kier molecular flexibility index (Phi) is 3.72. The zero-order valence-corrected chi connectivity index (χ0v) is 14.9. The van der Waals surface area contributed by atoms with E-state index in [2.05, 4.69) is 76.2 Å². The molecule has 0 amide bonds. The standard InChI is InChI=1S/C13H26Si3/c1-14(2,3)16(7,15(4,5)6)13-11-9-8-10-12-13/h8-12H,1-7H3. The van der Waals surface area contributed by atoms with Crippen LogP contribution in [0.15, 0.2) is 30.3 Å². The van der Waals surface area contributed by atoms with Gasteiger partial charge in [0.05, 0.1) is 7.11 Å². The predicted octanol–water partition coefficient (Wildman–Crippen LogP) is 3.81. The van der Waals surface area contributed by atoms with E-state index in [9.17, 15) is 0 Å². The highest BCUT2D eigenvalue weighted by molar-refractivity contribution is 7.72. The zero-order chi connectivity index (χ0) is 12.6. The van der Waals surface area contributed by atoms with Crippen molar-refractivity contribution in [3.63, 3.8) is 0 Å². The Hall–Kier alpha value is -0.129. The Labute approximate surface area is 104 Å². The van der Waals surface area contributed by atoms with E-state index in [1.54, 1.807) is 5.19 Å². The van der Waals surface area contributed by atoms with Gasteiger partial charge in [0.2, 0.25) is 0 Å². The summed E-state index contributed by atoms with van der Waals surface area (Å²) in [6.07, 6.45) is 0. The first-order valence-corrected chi connectivity index (χ1v) is 17.7. The van der Waals surface area contributed by atoms with Crippen LogP contribution in [0.3, 0.4) is 0 Å². The van der Waals surface area contributed by atoms with Gasteiger partial charge in [-0.05, 0) is 0 Å². The molecule has 16 heavy (non-hydrogen) atoms. The molecule has 1 aromatic carbocycles. The molecule has 0 nitrogen and oxygen atoms in total. The molecule has 0 atom stereocenters. The average Bonchev–Trinajstić information content (AvgIpc) is 2.14. The second-order valence-corrected chi connectivity index (χ2v) is 35.3. The summed E-state index contributed by atoms with van der Waals surface area (Å²) in [5, 5.41) is 1.70. The van der Waals surface area contributed by atoms with Gasteiger partial charge in [0.15, 0.2) is 0 Å². The lowest BCUT2D eigenvalue weighted by Crippen LogP contribution is -2.76. The largest absolute Gasteiger partial charge is 0.0714 e. The van der Waals surface area contributed by atoms with Crippen LogP contribution in [0.1, 0.15) is 0 Å². The molecule has 0 bridgehead atoms. The van der Waals surface area contributed by atoms with Crippen molar-refractivity contribution in [3.8, 4) is 0 Å². The Morgan fingerprint density at radius 2 is 1.00 bits per heavy atom. The fourth-order valence-corrected chi connectivity index (χ4v) is 40.8. The van der Waals surface area contributed by atoms with Crippen molar-refractivity contribution in [1.29, 1.82) is 0 Å². The van der Waals surface area contributed by atoms with Crippen molar-refractivity contribution in [3.05, 3.63) is 30.3 Å². The molecule has 0 aliphatic carbocycles. The van der Waals surface area contributed by atoms with Gasteiger partial charge in [0.1, 0.15) is 0 Å². The summed E-state index contributed by atoms with van der Waals surface area (Å²) in [7, 11) is -3.42. The molecule has 0 aromatic heterocycles. The van der Waals surface area contributed by atoms with Gasteiger partial charge < -0.3 is 0 Å². The van der Waals surface area contributed by atoms with Crippen LogP contribution in [0.5, 0.6) is 0 Å². The van der Waals surface area contributed by atoms with E-state index in [1.807, 2.05) is 0 Å². The lowest BCUT2D eigenvalue weighted by molar-refractivity contribution is 1.69. The minimum Gasteiger partial charge on any atom is -0.0714 e. The van der Waals surface area contributed by atoms with Gasteiger partial charge in [-0.15, -0.1) is 0 Å². The molecule has 0 saturated carbocycles. The third-order valence-electron chi connectivity index (χ3n) is 4.35. The van der Waals surface area contributed by atoms with Crippen molar-refractivity contribution < 1.29 is 0 Å². The molecule has 0 unspecified atom stereocenters. The molecule has 0 spiro atoms. The number of hydrogen-bond donors (Lipinski definition) is 0. The summed E-state index contributed by atoms with van der Waals surface area (Å²) >= 11 is 0. The third-order valence-corrected chi connectivity index (χ3v) is 45.1. The highest BCUT2D eigenvalue weighted by atomic mass is 29.6. The molecule has 0 aliphatic rings. The van der Waals surface area contributed by atoms with Crippen molar-refractivity contribution in [2.45, 2.75) is 45.8 Å². The van der Waals surface area contributed by atoms with Crippen molar-refractivity contribution in [1.82, 2.24) is 0 Å². The summed E-state index contributed by atoms with van der Waals surface area (Å²) in [6.45, 7) is 18.1.